The minimum Gasteiger partial charge on any atom is -0.481 e. The zero-order chi connectivity index (χ0) is 15.5. The van der Waals surface area contributed by atoms with Crippen LogP contribution in [0.2, 0.25) is 0 Å². The summed E-state index contributed by atoms with van der Waals surface area (Å²) in [5, 5.41) is 10.9. The maximum Gasteiger partial charge on any atom is 0.312 e. The molecule has 20 heavy (non-hydrogen) atoms. The third-order valence-electron chi connectivity index (χ3n) is 2.20. The Hall–Kier alpha value is -1.45. The van der Waals surface area contributed by atoms with Gasteiger partial charge in [-0.3, -0.25) is 10.1 Å². The Morgan fingerprint density at radius 1 is 1.50 bits per heavy atom. The summed E-state index contributed by atoms with van der Waals surface area (Å²) in [6.07, 6.45) is -0.587. The second-order valence-corrected chi connectivity index (χ2v) is 6.36. The van der Waals surface area contributed by atoms with Gasteiger partial charge in [0.15, 0.2) is 5.75 Å². The van der Waals surface area contributed by atoms with Crippen LogP contribution in [-0.4, -0.2) is 33.2 Å². The lowest BCUT2D eigenvalue weighted by molar-refractivity contribution is -0.386. The van der Waals surface area contributed by atoms with Crippen molar-refractivity contribution in [3.8, 4) is 5.75 Å². The monoisotopic (exact) mass is 327 g/mol. The molecule has 1 rings (SSSR count). The van der Waals surface area contributed by atoms with Crippen molar-refractivity contribution in [3.63, 3.8) is 0 Å². The highest BCUT2D eigenvalue weighted by Crippen LogP contribution is 2.33. The molecule has 0 aliphatic rings. The van der Waals surface area contributed by atoms with E-state index in [0.717, 1.165) is 0 Å². The van der Waals surface area contributed by atoms with Crippen molar-refractivity contribution in [1.82, 2.24) is 0 Å². The molecule has 0 bridgehead atoms. The molecule has 0 saturated heterocycles. The Kier molecular flexibility index (Phi) is 5.26. The van der Waals surface area contributed by atoms with Crippen LogP contribution in [0.1, 0.15) is 6.92 Å². The number of nitro benzene ring substituents is 1. The number of nitrogens with zero attached hydrogens (tertiary/aromatic N) is 1. The summed E-state index contributed by atoms with van der Waals surface area (Å²) in [4.78, 5) is 9.02. The molecule has 0 saturated carbocycles. The molecule has 0 radical (unpaired) electrons. The first-order valence-corrected chi connectivity index (χ1v) is 7.56. The number of hydrogen-bond donors (Lipinski definition) is 0. The van der Waals surface area contributed by atoms with E-state index in [-0.39, 0.29) is 6.61 Å². The molecule has 1 unspecified atom stereocenters. The van der Waals surface area contributed by atoms with Gasteiger partial charge >= 0.3 is 5.69 Å². The molecule has 1 aromatic carbocycles. The van der Waals surface area contributed by atoms with E-state index in [2.05, 4.69) is 0 Å². The zero-order valence-electron chi connectivity index (χ0n) is 10.5. The van der Waals surface area contributed by atoms with Crippen molar-refractivity contribution in [1.29, 1.82) is 0 Å². The lowest BCUT2D eigenvalue weighted by atomic mass is 10.3. The van der Waals surface area contributed by atoms with Gasteiger partial charge in [-0.15, -0.1) is 0 Å². The molecule has 10 heteroatoms. The molecule has 7 nitrogen and oxygen atoms in total. The summed E-state index contributed by atoms with van der Waals surface area (Å²) in [6, 6.07) is 1.13. The second-order valence-electron chi connectivity index (χ2n) is 3.83. The van der Waals surface area contributed by atoms with E-state index in [4.69, 9.17) is 20.2 Å². The van der Waals surface area contributed by atoms with E-state index in [1.54, 1.807) is 6.92 Å². The highest BCUT2D eigenvalue weighted by atomic mass is 35.7. The third-order valence-corrected chi connectivity index (χ3v) is 3.54. The number of halogens is 2. The molecule has 0 fully saturated rings. The maximum absolute atomic E-state index is 13.6. The van der Waals surface area contributed by atoms with Crippen molar-refractivity contribution >= 4 is 25.4 Å². The van der Waals surface area contributed by atoms with Crippen LogP contribution in [0.15, 0.2) is 17.0 Å². The normalized spacial score (nSPS) is 13.0. The summed E-state index contributed by atoms with van der Waals surface area (Å²) in [5.41, 5.74) is -0.700. The summed E-state index contributed by atoms with van der Waals surface area (Å²) in [7, 11) is 1.97. The van der Waals surface area contributed by atoms with E-state index in [1.165, 1.54) is 7.11 Å². The van der Waals surface area contributed by atoms with Gasteiger partial charge in [0.2, 0.25) is 0 Å². The lowest BCUT2D eigenvalue weighted by Crippen LogP contribution is -2.18. The fourth-order valence-corrected chi connectivity index (χ4v) is 2.33. The van der Waals surface area contributed by atoms with Crippen LogP contribution >= 0.6 is 10.7 Å². The van der Waals surface area contributed by atoms with Crippen LogP contribution in [0.3, 0.4) is 0 Å². The Labute approximate surface area is 118 Å². The fraction of sp³-hybridized carbons (Fsp3) is 0.400. The molecule has 0 aromatic heterocycles. The average molecular weight is 328 g/mol. The molecular formula is C10H11ClFNO6S. The summed E-state index contributed by atoms with van der Waals surface area (Å²) >= 11 is 0. The Morgan fingerprint density at radius 2 is 2.10 bits per heavy atom. The van der Waals surface area contributed by atoms with Crippen molar-refractivity contribution in [2.75, 3.05) is 13.7 Å². The zero-order valence-corrected chi connectivity index (χ0v) is 12.1. The van der Waals surface area contributed by atoms with E-state index in [1.807, 2.05) is 0 Å². The number of ether oxygens (including phenoxy) is 2. The first-order chi connectivity index (χ1) is 9.16. The van der Waals surface area contributed by atoms with Crippen molar-refractivity contribution in [3.05, 3.63) is 28.1 Å². The van der Waals surface area contributed by atoms with Gasteiger partial charge in [-0.25, -0.2) is 12.8 Å². The van der Waals surface area contributed by atoms with Gasteiger partial charge in [-0.1, -0.05) is 0 Å². The summed E-state index contributed by atoms with van der Waals surface area (Å²) in [5.74, 6) is -1.63. The minimum atomic E-state index is -4.43. The highest BCUT2D eigenvalue weighted by molar-refractivity contribution is 8.13. The lowest BCUT2D eigenvalue weighted by Gasteiger charge is -2.14. The van der Waals surface area contributed by atoms with Gasteiger partial charge < -0.3 is 9.47 Å². The van der Waals surface area contributed by atoms with E-state index in [0.29, 0.717) is 12.1 Å². The van der Waals surface area contributed by atoms with Gasteiger partial charge in [0.05, 0.1) is 11.5 Å². The molecule has 0 spiro atoms. The molecule has 1 atom stereocenters. The molecular weight excluding hydrogens is 317 g/mol. The smallest absolute Gasteiger partial charge is 0.312 e. The van der Waals surface area contributed by atoms with Gasteiger partial charge in [-0.05, 0) is 6.92 Å². The Morgan fingerprint density at radius 3 is 2.55 bits per heavy atom. The van der Waals surface area contributed by atoms with Crippen LogP contribution in [0.5, 0.6) is 5.75 Å². The van der Waals surface area contributed by atoms with Gasteiger partial charge in [0.25, 0.3) is 9.05 Å². The first-order valence-electron chi connectivity index (χ1n) is 5.25. The van der Waals surface area contributed by atoms with Crippen LogP contribution in [0, 0.1) is 15.9 Å². The quantitative estimate of drug-likeness (QED) is 0.451. The minimum absolute atomic E-state index is 0.119. The third kappa shape index (κ3) is 4.02. The molecule has 0 N–H and O–H groups in total. The predicted octanol–water partition coefficient (Wildman–Crippen LogP) is 2.08. The maximum atomic E-state index is 13.6. The first kappa shape index (κ1) is 16.6. The van der Waals surface area contributed by atoms with E-state index < -0.39 is 42.2 Å². The van der Waals surface area contributed by atoms with Gasteiger partial charge in [-0.2, -0.15) is 0 Å². The topological polar surface area (TPSA) is 95.7 Å². The van der Waals surface area contributed by atoms with Crippen molar-refractivity contribution < 1.29 is 27.2 Å². The predicted molar refractivity (Wildman–Crippen MR) is 68.1 cm³/mol. The van der Waals surface area contributed by atoms with Gasteiger partial charge in [0.1, 0.15) is 16.8 Å². The largest absolute Gasteiger partial charge is 0.481 e. The van der Waals surface area contributed by atoms with Crippen LogP contribution in [0.25, 0.3) is 0 Å². The number of benzene rings is 1. The SMILES string of the molecule is COCC(C)Oc1cc(F)c(S(=O)(=O)Cl)cc1[N+](=O)[O-]. The molecule has 0 heterocycles. The molecule has 112 valence electrons. The second kappa shape index (κ2) is 6.33. The van der Waals surface area contributed by atoms with E-state index in [9.17, 15) is 22.9 Å². The van der Waals surface area contributed by atoms with Crippen molar-refractivity contribution in [2.24, 2.45) is 0 Å². The van der Waals surface area contributed by atoms with Crippen molar-refractivity contribution in [2.45, 2.75) is 17.9 Å². The standard InChI is InChI=1S/C10H11ClFNO6S/c1-6(5-18-2)19-9-3-7(12)10(20(11,16)17)4-8(9)13(14)15/h3-4,6H,5H2,1-2H3. The fourth-order valence-electron chi connectivity index (χ4n) is 1.43. The number of methoxy groups -OCH3 is 1. The Balaban J connectivity index is 3.32. The molecule has 1 aromatic rings. The van der Waals surface area contributed by atoms with E-state index >= 15 is 0 Å². The molecule has 0 amide bonds. The number of nitro groups is 1. The molecule has 0 aliphatic heterocycles. The number of rotatable bonds is 6. The summed E-state index contributed by atoms with van der Waals surface area (Å²) < 4.78 is 45.8. The number of hydrogen-bond acceptors (Lipinski definition) is 6. The average Bonchev–Trinajstić information content (AvgIpc) is 2.26. The van der Waals surface area contributed by atoms with Crippen LogP contribution < -0.4 is 4.74 Å². The van der Waals surface area contributed by atoms with Crippen LogP contribution in [-0.2, 0) is 13.8 Å². The van der Waals surface area contributed by atoms with Gasteiger partial charge in [0, 0.05) is 29.9 Å². The molecule has 0 aliphatic carbocycles. The summed E-state index contributed by atoms with van der Waals surface area (Å²) in [6.45, 7) is 1.67. The highest BCUT2D eigenvalue weighted by Gasteiger charge is 2.26. The van der Waals surface area contributed by atoms with Crippen LogP contribution in [0.4, 0.5) is 10.1 Å². The Bertz CT molecular complexity index is 620.